The molecule has 0 amide bonds. The van der Waals surface area contributed by atoms with Crippen molar-refractivity contribution in [2.75, 3.05) is 0 Å². The lowest BCUT2D eigenvalue weighted by atomic mass is 10.3. The summed E-state index contributed by atoms with van der Waals surface area (Å²) in [6, 6.07) is 0. The Kier molecular flexibility index (Phi) is 2.90. The third kappa shape index (κ3) is 2.17. The molecule has 2 aromatic rings. The molecule has 0 unspecified atom stereocenters. The van der Waals surface area contributed by atoms with Gasteiger partial charge in [-0.25, -0.2) is 4.79 Å². The highest BCUT2D eigenvalue weighted by atomic mass is 16.4. The average molecular weight is 236 g/mol. The van der Waals surface area contributed by atoms with Gasteiger partial charge in [-0.1, -0.05) is 6.92 Å². The fourth-order valence-electron chi connectivity index (χ4n) is 1.44. The molecule has 0 atom stereocenters. The fraction of sp³-hybridized carbons (Fsp3) is 0.400. The van der Waals surface area contributed by atoms with Crippen LogP contribution in [0, 0.1) is 6.92 Å². The Hall–Kier alpha value is -2.18. The van der Waals surface area contributed by atoms with Crippen molar-refractivity contribution in [2.24, 2.45) is 0 Å². The summed E-state index contributed by atoms with van der Waals surface area (Å²) in [4.78, 5) is 10.8. The number of aromatic nitrogens is 4. The monoisotopic (exact) mass is 236 g/mol. The van der Waals surface area contributed by atoms with E-state index in [2.05, 4.69) is 15.3 Å². The molecule has 2 aromatic heterocycles. The first-order valence-corrected chi connectivity index (χ1v) is 5.18. The number of rotatable bonds is 4. The van der Waals surface area contributed by atoms with Gasteiger partial charge in [0, 0.05) is 6.42 Å². The van der Waals surface area contributed by atoms with Crippen molar-refractivity contribution in [3.8, 4) is 0 Å². The third-order valence-electron chi connectivity index (χ3n) is 2.43. The van der Waals surface area contributed by atoms with E-state index in [9.17, 15) is 4.79 Å². The molecule has 0 bridgehead atoms. The molecule has 0 aliphatic carbocycles. The summed E-state index contributed by atoms with van der Waals surface area (Å²) < 4.78 is 6.86. The van der Waals surface area contributed by atoms with Gasteiger partial charge in [-0.05, 0) is 6.92 Å². The van der Waals surface area contributed by atoms with Crippen LogP contribution in [0.5, 0.6) is 0 Å². The number of hydrogen-bond donors (Lipinski definition) is 1. The normalized spacial score (nSPS) is 10.7. The maximum atomic E-state index is 10.8. The smallest absolute Gasteiger partial charge is 0.339 e. The molecule has 90 valence electrons. The van der Waals surface area contributed by atoms with Gasteiger partial charge in [0.15, 0.2) is 0 Å². The second-order valence-corrected chi connectivity index (χ2v) is 3.55. The van der Waals surface area contributed by atoms with Gasteiger partial charge in [0.1, 0.15) is 12.1 Å². The Morgan fingerprint density at radius 3 is 2.71 bits per heavy atom. The summed E-state index contributed by atoms with van der Waals surface area (Å²) >= 11 is 0. The lowest BCUT2D eigenvalue weighted by molar-refractivity contribution is 0.0696. The van der Waals surface area contributed by atoms with Gasteiger partial charge in [0.25, 0.3) is 0 Å². The number of carbonyl (C=O) groups is 1. The van der Waals surface area contributed by atoms with Crippen LogP contribution in [0.25, 0.3) is 0 Å². The van der Waals surface area contributed by atoms with Crippen molar-refractivity contribution in [1.82, 2.24) is 20.0 Å². The summed E-state index contributed by atoms with van der Waals surface area (Å²) in [7, 11) is 0. The molecule has 17 heavy (non-hydrogen) atoms. The summed E-state index contributed by atoms with van der Waals surface area (Å²) in [5.41, 5.74) is 0.744. The Morgan fingerprint density at radius 1 is 1.47 bits per heavy atom. The van der Waals surface area contributed by atoms with E-state index in [-0.39, 0.29) is 12.1 Å². The van der Waals surface area contributed by atoms with Crippen LogP contribution in [0.3, 0.4) is 0 Å². The van der Waals surface area contributed by atoms with Gasteiger partial charge in [0.2, 0.25) is 11.8 Å². The molecule has 0 aromatic carbocycles. The molecule has 0 spiro atoms. The van der Waals surface area contributed by atoms with E-state index in [1.54, 1.807) is 6.92 Å². The zero-order chi connectivity index (χ0) is 12.4. The predicted octanol–water partition coefficient (Wildman–Crippen LogP) is 0.883. The van der Waals surface area contributed by atoms with Crippen LogP contribution in [0.1, 0.15) is 34.8 Å². The van der Waals surface area contributed by atoms with E-state index in [0.29, 0.717) is 23.9 Å². The second-order valence-electron chi connectivity index (χ2n) is 3.55. The lowest BCUT2D eigenvalue weighted by Crippen LogP contribution is -2.06. The van der Waals surface area contributed by atoms with Gasteiger partial charge in [-0.15, -0.1) is 10.2 Å². The number of carboxylic acids is 1. The van der Waals surface area contributed by atoms with Crippen molar-refractivity contribution in [3.63, 3.8) is 0 Å². The van der Waals surface area contributed by atoms with Crippen molar-refractivity contribution in [1.29, 1.82) is 0 Å². The SMILES string of the molecule is CCc1nnc(Cn2ncc(C(=O)O)c2C)o1. The summed E-state index contributed by atoms with van der Waals surface area (Å²) in [5.74, 6) is -0.0122. The van der Waals surface area contributed by atoms with Crippen LogP contribution < -0.4 is 0 Å². The van der Waals surface area contributed by atoms with Gasteiger partial charge in [-0.3, -0.25) is 4.68 Å². The highest BCUT2D eigenvalue weighted by Gasteiger charge is 2.14. The first-order chi connectivity index (χ1) is 8.11. The zero-order valence-electron chi connectivity index (χ0n) is 9.54. The van der Waals surface area contributed by atoms with Crippen LogP contribution in [0.2, 0.25) is 0 Å². The fourth-order valence-corrected chi connectivity index (χ4v) is 1.44. The first kappa shape index (κ1) is 11.3. The largest absolute Gasteiger partial charge is 0.478 e. The van der Waals surface area contributed by atoms with E-state index < -0.39 is 5.97 Å². The number of aryl methyl sites for hydroxylation is 1. The molecule has 2 heterocycles. The van der Waals surface area contributed by atoms with E-state index in [4.69, 9.17) is 9.52 Å². The van der Waals surface area contributed by atoms with E-state index >= 15 is 0 Å². The van der Waals surface area contributed by atoms with Gasteiger partial charge < -0.3 is 9.52 Å². The standard InChI is InChI=1S/C10H12N4O3/c1-3-8-12-13-9(17-8)5-14-6(2)7(4-11-14)10(15)16/h4H,3,5H2,1-2H3,(H,15,16). The molecule has 7 heteroatoms. The molecule has 2 rings (SSSR count). The molecule has 1 N–H and O–H groups in total. The minimum absolute atomic E-state index is 0.181. The van der Waals surface area contributed by atoms with Crippen molar-refractivity contribution >= 4 is 5.97 Å². The zero-order valence-corrected chi connectivity index (χ0v) is 9.54. The van der Waals surface area contributed by atoms with Crippen molar-refractivity contribution < 1.29 is 14.3 Å². The summed E-state index contributed by atoms with van der Waals surface area (Å²) in [6.45, 7) is 3.89. The quantitative estimate of drug-likeness (QED) is 0.846. The van der Waals surface area contributed by atoms with Crippen molar-refractivity contribution in [2.45, 2.75) is 26.8 Å². The molecule has 0 fully saturated rings. The number of nitrogens with zero attached hydrogens (tertiary/aromatic N) is 4. The molecule has 0 saturated carbocycles. The van der Waals surface area contributed by atoms with Crippen LogP contribution in [-0.4, -0.2) is 31.1 Å². The van der Waals surface area contributed by atoms with Crippen LogP contribution >= 0.6 is 0 Å². The molecule has 0 radical (unpaired) electrons. The Bertz CT molecular complexity index is 543. The van der Waals surface area contributed by atoms with Crippen molar-refractivity contribution in [3.05, 3.63) is 29.2 Å². The van der Waals surface area contributed by atoms with Crippen LogP contribution in [-0.2, 0) is 13.0 Å². The summed E-state index contributed by atoms with van der Waals surface area (Å²) in [6.07, 6.45) is 1.99. The van der Waals surface area contributed by atoms with Gasteiger partial charge in [0.05, 0.1) is 11.9 Å². The highest BCUT2D eigenvalue weighted by molar-refractivity contribution is 5.88. The highest BCUT2D eigenvalue weighted by Crippen LogP contribution is 2.09. The molecule has 0 aliphatic heterocycles. The van der Waals surface area contributed by atoms with Crippen LogP contribution in [0.15, 0.2) is 10.6 Å². The Morgan fingerprint density at radius 2 is 2.18 bits per heavy atom. The maximum Gasteiger partial charge on any atom is 0.339 e. The minimum atomic E-state index is -0.992. The Labute approximate surface area is 97.1 Å². The van der Waals surface area contributed by atoms with Gasteiger partial charge in [-0.2, -0.15) is 5.10 Å². The van der Waals surface area contributed by atoms with E-state index in [0.717, 1.165) is 0 Å². The predicted molar refractivity (Wildman–Crippen MR) is 56.7 cm³/mol. The van der Waals surface area contributed by atoms with Crippen LogP contribution in [0.4, 0.5) is 0 Å². The number of carboxylic acid groups (broad SMARTS) is 1. The first-order valence-electron chi connectivity index (χ1n) is 5.18. The summed E-state index contributed by atoms with van der Waals surface area (Å²) in [5, 5.41) is 20.5. The third-order valence-corrected chi connectivity index (χ3v) is 2.43. The Balaban J connectivity index is 2.21. The molecule has 0 aliphatic rings. The second kappa shape index (κ2) is 4.36. The average Bonchev–Trinajstić information content (AvgIpc) is 2.87. The molecular formula is C10H12N4O3. The minimum Gasteiger partial charge on any atom is -0.478 e. The lowest BCUT2D eigenvalue weighted by Gasteiger charge is -2.00. The molecule has 7 nitrogen and oxygen atoms in total. The number of aromatic carboxylic acids is 1. The topological polar surface area (TPSA) is 94.0 Å². The van der Waals surface area contributed by atoms with E-state index in [1.807, 2.05) is 6.92 Å². The molecular weight excluding hydrogens is 224 g/mol. The van der Waals surface area contributed by atoms with Gasteiger partial charge >= 0.3 is 5.97 Å². The van der Waals surface area contributed by atoms with E-state index in [1.165, 1.54) is 10.9 Å². The molecule has 0 saturated heterocycles. The number of hydrogen-bond acceptors (Lipinski definition) is 5. The maximum absolute atomic E-state index is 10.8.